The first-order valence-electron chi connectivity index (χ1n) is 4.86. The van der Waals surface area contributed by atoms with Crippen molar-refractivity contribution in [2.24, 2.45) is 5.10 Å². The van der Waals surface area contributed by atoms with E-state index in [4.69, 9.17) is 0 Å². The van der Waals surface area contributed by atoms with Gasteiger partial charge in [0.15, 0.2) is 5.83 Å². The fraction of sp³-hybridized carbons (Fsp3) is 0.0833. The maximum atomic E-state index is 13.6. The highest BCUT2D eigenvalue weighted by Gasteiger charge is 2.42. The van der Waals surface area contributed by atoms with Crippen LogP contribution in [0.25, 0.3) is 6.08 Å². The average molecular weight is 238 g/mol. The van der Waals surface area contributed by atoms with Crippen LogP contribution < -0.4 is 5.01 Å². The minimum atomic E-state index is -3.86. The van der Waals surface area contributed by atoms with E-state index in [-0.39, 0.29) is 5.69 Å². The van der Waals surface area contributed by atoms with Gasteiger partial charge in [0.1, 0.15) is 0 Å². The van der Waals surface area contributed by atoms with Crippen LogP contribution in [0.2, 0.25) is 0 Å². The Bertz CT molecular complexity index is 506. The SMILES string of the molecule is C=C(F)C(F)(F)N1N=CC=Cc2ccccc21. The van der Waals surface area contributed by atoms with Crippen molar-refractivity contribution in [3.63, 3.8) is 0 Å². The molecule has 0 spiro atoms. The molecule has 0 aliphatic carbocycles. The molecule has 0 N–H and O–H groups in total. The van der Waals surface area contributed by atoms with Gasteiger partial charge < -0.3 is 0 Å². The Hall–Kier alpha value is -2.04. The molecular weight excluding hydrogens is 229 g/mol. The van der Waals surface area contributed by atoms with Crippen LogP contribution in [0.4, 0.5) is 18.9 Å². The summed E-state index contributed by atoms with van der Waals surface area (Å²) in [5.74, 6) is -1.74. The first kappa shape index (κ1) is 11.4. The van der Waals surface area contributed by atoms with Crippen LogP contribution >= 0.6 is 0 Å². The smallest absolute Gasteiger partial charge is 0.203 e. The molecule has 0 saturated carbocycles. The Balaban J connectivity index is 2.54. The lowest BCUT2D eigenvalue weighted by molar-refractivity contribution is 0.0158. The van der Waals surface area contributed by atoms with Gasteiger partial charge in [-0.3, -0.25) is 0 Å². The zero-order chi connectivity index (χ0) is 12.5. The zero-order valence-electron chi connectivity index (χ0n) is 8.78. The number of anilines is 1. The van der Waals surface area contributed by atoms with Gasteiger partial charge in [-0.1, -0.05) is 30.9 Å². The number of para-hydroxylation sites is 1. The van der Waals surface area contributed by atoms with Crippen LogP contribution in [0.5, 0.6) is 0 Å². The molecule has 17 heavy (non-hydrogen) atoms. The Morgan fingerprint density at radius 3 is 2.71 bits per heavy atom. The third kappa shape index (κ3) is 1.95. The maximum Gasteiger partial charge on any atom is 0.396 e. The minimum absolute atomic E-state index is 0.126. The normalized spacial score (nSPS) is 14.4. The van der Waals surface area contributed by atoms with Gasteiger partial charge in [0.25, 0.3) is 0 Å². The molecular formula is C12H9F3N2. The van der Waals surface area contributed by atoms with Gasteiger partial charge in [-0.15, -0.1) is 0 Å². The molecule has 0 bridgehead atoms. The Labute approximate surface area is 96.4 Å². The standard InChI is InChI=1S/C12H9F3N2/c1-9(13)12(14,15)17-11-7-3-2-5-10(11)6-4-8-16-17/h2-8H,1H2. The summed E-state index contributed by atoms with van der Waals surface area (Å²) in [7, 11) is 0. The topological polar surface area (TPSA) is 15.6 Å². The van der Waals surface area contributed by atoms with Crippen LogP contribution in [0, 0.1) is 0 Å². The van der Waals surface area contributed by atoms with Gasteiger partial charge >= 0.3 is 6.05 Å². The number of fused-ring (bicyclic) bond motifs is 1. The molecule has 1 aliphatic rings. The molecule has 0 saturated heterocycles. The zero-order valence-corrected chi connectivity index (χ0v) is 8.78. The van der Waals surface area contributed by atoms with Gasteiger partial charge in [0, 0.05) is 11.8 Å². The van der Waals surface area contributed by atoms with Gasteiger partial charge in [-0.05, 0) is 12.1 Å². The quantitative estimate of drug-likeness (QED) is 0.719. The third-order valence-electron chi connectivity index (χ3n) is 2.30. The van der Waals surface area contributed by atoms with Crippen LogP contribution in [0.3, 0.4) is 0 Å². The molecule has 0 atom stereocenters. The van der Waals surface area contributed by atoms with E-state index in [2.05, 4.69) is 11.7 Å². The number of rotatable bonds is 2. The highest BCUT2D eigenvalue weighted by molar-refractivity contribution is 5.84. The van der Waals surface area contributed by atoms with Crippen molar-refractivity contribution >= 4 is 18.0 Å². The molecule has 1 aliphatic heterocycles. The van der Waals surface area contributed by atoms with E-state index >= 15 is 0 Å². The Kier molecular flexibility index (Phi) is 2.75. The number of alkyl halides is 2. The fourth-order valence-corrected chi connectivity index (χ4v) is 1.47. The minimum Gasteiger partial charge on any atom is -0.203 e. The second kappa shape index (κ2) is 4.08. The van der Waals surface area contributed by atoms with Gasteiger partial charge in [-0.25, -0.2) is 4.39 Å². The average Bonchev–Trinajstić information content (AvgIpc) is 2.51. The number of halogens is 3. The molecule has 1 aromatic rings. The number of hydrogen-bond acceptors (Lipinski definition) is 2. The van der Waals surface area contributed by atoms with E-state index in [0.717, 1.165) is 0 Å². The second-order valence-corrected chi connectivity index (χ2v) is 3.44. The predicted octanol–water partition coefficient (Wildman–Crippen LogP) is 3.58. The van der Waals surface area contributed by atoms with Crippen LogP contribution in [-0.2, 0) is 0 Å². The molecule has 2 rings (SSSR count). The molecule has 1 aromatic carbocycles. The van der Waals surface area contributed by atoms with Gasteiger partial charge in [0.2, 0.25) is 0 Å². The highest BCUT2D eigenvalue weighted by Crippen LogP contribution is 2.36. The molecule has 5 heteroatoms. The lowest BCUT2D eigenvalue weighted by Gasteiger charge is -2.27. The third-order valence-corrected chi connectivity index (χ3v) is 2.30. The van der Waals surface area contributed by atoms with E-state index < -0.39 is 11.9 Å². The monoisotopic (exact) mass is 238 g/mol. The van der Waals surface area contributed by atoms with Crippen molar-refractivity contribution in [3.8, 4) is 0 Å². The summed E-state index contributed by atoms with van der Waals surface area (Å²) in [4.78, 5) is 0. The van der Waals surface area contributed by atoms with Crippen LogP contribution in [-0.4, -0.2) is 12.3 Å². The van der Waals surface area contributed by atoms with Crippen molar-refractivity contribution in [1.82, 2.24) is 0 Å². The molecule has 1 heterocycles. The number of hydrogen-bond donors (Lipinski definition) is 0. The summed E-state index contributed by atoms with van der Waals surface area (Å²) in [6.07, 6.45) is 4.31. The summed E-state index contributed by atoms with van der Waals surface area (Å²) >= 11 is 0. The predicted molar refractivity (Wildman–Crippen MR) is 61.6 cm³/mol. The van der Waals surface area contributed by atoms with Crippen molar-refractivity contribution in [2.75, 3.05) is 5.01 Å². The van der Waals surface area contributed by atoms with E-state index in [0.29, 0.717) is 10.6 Å². The Morgan fingerprint density at radius 1 is 1.29 bits per heavy atom. The molecule has 0 unspecified atom stereocenters. The van der Waals surface area contributed by atoms with Crippen LogP contribution in [0.1, 0.15) is 5.56 Å². The summed E-state index contributed by atoms with van der Waals surface area (Å²) in [6, 6.07) is 2.51. The summed E-state index contributed by atoms with van der Waals surface area (Å²) < 4.78 is 40.0. The van der Waals surface area contributed by atoms with E-state index in [1.165, 1.54) is 18.4 Å². The summed E-state index contributed by atoms with van der Waals surface area (Å²) in [6.45, 7) is 2.65. The maximum absolute atomic E-state index is 13.6. The lowest BCUT2D eigenvalue weighted by Crippen LogP contribution is -2.38. The van der Waals surface area contributed by atoms with Crippen molar-refractivity contribution in [1.29, 1.82) is 0 Å². The molecule has 88 valence electrons. The van der Waals surface area contributed by atoms with Crippen molar-refractivity contribution in [2.45, 2.75) is 6.05 Å². The van der Waals surface area contributed by atoms with Gasteiger partial charge in [-0.2, -0.15) is 18.9 Å². The highest BCUT2D eigenvalue weighted by atomic mass is 19.3. The number of hydrazone groups is 1. The van der Waals surface area contributed by atoms with Crippen LogP contribution in [0.15, 0.2) is 47.8 Å². The largest absolute Gasteiger partial charge is 0.396 e. The molecule has 0 amide bonds. The number of benzene rings is 1. The second-order valence-electron chi connectivity index (χ2n) is 3.44. The number of nitrogens with zero attached hydrogens (tertiary/aromatic N) is 2. The molecule has 0 fully saturated rings. The van der Waals surface area contributed by atoms with Gasteiger partial charge in [0.05, 0.1) is 5.69 Å². The van der Waals surface area contributed by atoms with Crippen molar-refractivity contribution < 1.29 is 13.2 Å². The molecule has 2 nitrogen and oxygen atoms in total. The first-order valence-corrected chi connectivity index (χ1v) is 4.86. The Morgan fingerprint density at radius 2 is 2.00 bits per heavy atom. The van der Waals surface area contributed by atoms with E-state index in [1.54, 1.807) is 24.3 Å². The lowest BCUT2D eigenvalue weighted by atomic mass is 10.1. The van der Waals surface area contributed by atoms with E-state index in [9.17, 15) is 13.2 Å². The fourth-order valence-electron chi connectivity index (χ4n) is 1.47. The van der Waals surface area contributed by atoms with E-state index in [1.807, 2.05) is 0 Å². The number of allylic oxidation sites excluding steroid dienone is 1. The first-order chi connectivity index (χ1) is 8.03. The van der Waals surface area contributed by atoms with Crippen molar-refractivity contribution in [3.05, 3.63) is 48.3 Å². The summed E-state index contributed by atoms with van der Waals surface area (Å²) in [5, 5.41) is 3.85. The molecule has 0 aromatic heterocycles. The summed E-state index contributed by atoms with van der Waals surface area (Å²) in [5.41, 5.74) is 0.659. The molecule has 0 radical (unpaired) electrons.